The zero-order valence-corrected chi connectivity index (χ0v) is 8.16. The molecule has 1 aromatic rings. The first-order valence-corrected chi connectivity index (χ1v) is 3.67. The molecule has 0 aliphatic rings. The lowest BCUT2D eigenvalue weighted by atomic mass is 10.2. The highest BCUT2D eigenvalue weighted by Gasteiger charge is 2.32. The molecule has 0 aliphatic heterocycles. The fourth-order valence-corrected chi connectivity index (χ4v) is 0.917. The van der Waals surface area contributed by atoms with Crippen LogP contribution in [0.1, 0.15) is 5.56 Å². The van der Waals surface area contributed by atoms with Gasteiger partial charge in [-0.3, -0.25) is 0 Å². The van der Waals surface area contributed by atoms with E-state index in [1.807, 2.05) is 0 Å². The Morgan fingerprint density at radius 3 is 2.33 bits per heavy atom. The summed E-state index contributed by atoms with van der Waals surface area (Å²) in [5, 5.41) is 0. The summed E-state index contributed by atoms with van der Waals surface area (Å²) >= 11 is 0. The van der Waals surface area contributed by atoms with Crippen LogP contribution in [0, 0.1) is 5.82 Å². The van der Waals surface area contributed by atoms with E-state index >= 15 is 0 Å². The van der Waals surface area contributed by atoms with E-state index in [0.29, 0.717) is 0 Å². The standard InChI is InChI=1S/C8H7F4NO.ClH/c9-7-5(4-13)2-1-3-6(7)14-8(10,11)12;/h1-3H,4,13H2;1H. The highest BCUT2D eigenvalue weighted by atomic mass is 35.5. The third-order valence-corrected chi connectivity index (χ3v) is 1.49. The molecule has 2 nitrogen and oxygen atoms in total. The molecule has 0 radical (unpaired) electrons. The lowest BCUT2D eigenvalue weighted by Gasteiger charge is -2.10. The van der Waals surface area contributed by atoms with Crippen LogP contribution in [-0.4, -0.2) is 6.36 Å². The van der Waals surface area contributed by atoms with Gasteiger partial charge in [-0.25, -0.2) is 4.39 Å². The van der Waals surface area contributed by atoms with Crippen molar-refractivity contribution in [2.75, 3.05) is 0 Å². The van der Waals surface area contributed by atoms with E-state index < -0.39 is 17.9 Å². The van der Waals surface area contributed by atoms with Crippen molar-refractivity contribution < 1.29 is 22.3 Å². The fourth-order valence-electron chi connectivity index (χ4n) is 0.917. The van der Waals surface area contributed by atoms with E-state index in [0.717, 1.165) is 6.07 Å². The van der Waals surface area contributed by atoms with Crippen molar-refractivity contribution in [3.63, 3.8) is 0 Å². The van der Waals surface area contributed by atoms with E-state index in [9.17, 15) is 17.6 Å². The molecule has 0 fully saturated rings. The second kappa shape index (κ2) is 5.18. The molecule has 1 aromatic carbocycles. The highest BCUT2D eigenvalue weighted by Crippen LogP contribution is 2.26. The SMILES string of the molecule is Cl.NCc1cccc(OC(F)(F)F)c1F. The number of benzene rings is 1. The Morgan fingerprint density at radius 2 is 1.87 bits per heavy atom. The van der Waals surface area contributed by atoms with Gasteiger partial charge in [0.2, 0.25) is 0 Å². The molecule has 0 amide bonds. The molecule has 0 atom stereocenters. The van der Waals surface area contributed by atoms with E-state index in [1.165, 1.54) is 12.1 Å². The van der Waals surface area contributed by atoms with E-state index in [4.69, 9.17) is 5.73 Å². The predicted octanol–water partition coefficient (Wildman–Crippen LogP) is 2.60. The highest BCUT2D eigenvalue weighted by molar-refractivity contribution is 5.85. The molecule has 15 heavy (non-hydrogen) atoms. The largest absolute Gasteiger partial charge is 0.573 e. The van der Waals surface area contributed by atoms with Crippen LogP contribution in [0.3, 0.4) is 0 Å². The first-order valence-electron chi connectivity index (χ1n) is 3.67. The van der Waals surface area contributed by atoms with Gasteiger partial charge >= 0.3 is 6.36 Å². The van der Waals surface area contributed by atoms with Crippen molar-refractivity contribution in [2.24, 2.45) is 5.73 Å². The van der Waals surface area contributed by atoms with Crippen LogP contribution < -0.4 is 10.5 Å². The molecule has 0 saturated carbocycles. The molecule has 7 heteroatoms. The Labute approximate surface area is 89.4 Å². The van der Waals surface area contributed by atoms with Gasteiger partial charge in [-0.15, -0.1) is 25.6 Å². The van der Waals surface area contributed by atoms with Crippen LogP contribution in [0.4, 0.5) is 17.6 Å². The van der Waals surface area contributed by atoms with Gasteiger partial charge in [0.15, 0.2) is 11.6 Å². The number of nitrogens with two attached hydrogens (primary N) is 1. The molecule has 0 aliphatic carbocycles. The van der Waals surface area contributed by atoms with Crippen molar-refractivity contribution in [3.8, 4) is 5.75 Å². The summed E-state index contributed by atoms with van der Waals surface area (Å²) in [7, 11) is 0. The van der Waals surface area contributed by atoms with Crippen molar-refractivity contribution in [2.45, 2.75) is 12.9 Å². The van der Waals surface area contributed by atoms with Crippen LogP contribution in [0.25, 0.3) is 0 Å². The third kappa shape index (κ3) is 3.93. The summed E-state index contributed by atoms with van der Waals surface area (Å²) in [5.41, 5.74) is 5.08. The number of ether oxygens (including phenoxy) is 1. The number of hydrogen-bond donors (Lipinski definition) is 1. The Bertz CT molecular complexity index is 329. The summed E-state index contributed by atoms with van der Waals surface area (Å²) < 4.78 is 51.8. The maximum absolute atomic E-state index is 13.1. The van der Waals surface area contributed by atoms with Crippen molar-refractivity contribution in [1.29, 1.82) is 0 Å². The number of halogens is 5. The Hall–Kier alpha value is -1.01. The fraction of sp³-hybridized carbons (Fsp3) is 0.250. The Morgan fingerprint density at radius 1 is 1.27 bits per heavy atom. The summed E-state index contributed by atoms with van der Waals surface area (Å²) in [6, 6.07) is 3.42. The van der Waals surface area contributed by atoms with E-state index in [2.05, 4.69) is 4.74 Å². The number of hydrogen-bond acceptors (Lipinski definition) is 2. The van der Waals surface area contributed by atoms with Gasteiger partial charge in [0.25, 0.3) is 0 Å². The van der Waals surface area contributed by atoms with Crippen molar-refractivity contribution in [3.05, 3.63) is 29.6 Å². The monoisotopic (exact) mass is 245 g/mol. The average molecular weight is 246 g/mol. The molecule has 0 saturated heterocycles. The van der Waals surface area contributed by atoms with Crippen LogP contribution >= 0.6 is 12.4 Å². The van der Waals surface area contributed by atoms with Gasteiger partial charge in [-0.2, -0.15) is 0 Å². The van der Waals surface area contributed by atoms with Crippen LogP contribution in [-0.2, 0) is 6.54 Å². The molecule has 86 valence electrons. The molecule has 0 bridgehead atoms. The average Bonchev–Trinajstić information content (AvgIpc) is 2.06. The summed E-state index contributed by atoms with van der Waals surface area (Å²) in [4.78, 5) is 0. The zero-order chi connectivity index (χ0) is 10.8. The molecule has 0 spiro atoms. The molecule has 2 N–H and O–H groups in total. The zero-order valence-electron chi connectivity index (χ0n) is 7.34. The number of rotatable bonds is 2. The maximum atomic E-state index is 13.1. The van der Waals surface area contributed by atoms with E-state index in [1.54, 1.807) is 0 Å². The van der Waals surface area contributed by atoms with E-state index in [-0.39, 0.29) is 24.5 Å². The predicted molar refractivity (Wildman–Crippen MR) is 48.2 cm³/mol. The molecular weight excluding hydrogens is 238 g/mol. The Kier molecular flexibility index (Phi) is 4.83. The smallest absolute Gasteiger partial charge is 0.403 e. The first-order chi connectivity index (χ1) is 6.44. The van der Waals surface area contributed by atoms with Gasteiger partial charge < -0.3 is 10.5 Å². The normalized spacial score (nSPS) is 10.7. The molecular formula is C8H8ClF4NO. The van der Waals surface area contributed by atoms with Crippen molar-refractivity contribution >= 4 is 12.4 Å². The summed E-state index contributed by atoms with van der Waals surface area (Å²) in [5.74, 6) is -1.94. The maximum Gasteiger partial charge on any atom is 0.573 e. The topological polar surface area (TPSA) is 35.2 Å². The molecule has 1 rings (SSSR count). The molecule has 0 aromatic heterocycles. The minimum atomic E-state index is -4.89. The minimum absolute atomic E-state index is 0. The lowest BCUT2D eigenvalue weighted by molar-refractivity contribution is -0.275. The van der Waals surface area contributed by atoms with Gasteiger partial charge in [-0.1, -0.05) is 12.1 Å². The second-order valence-corrected chi connectivity index (χ2v) is 2.48. The molecule has 0 heterocycles. The summed E-state index contributed by atoms with van der Waals surface area (Å²) in [6.07, 6.45) is -4.89. The minimum Gasteiger partial charge on any atom is -0.403 e. The van der Waals surface area contributed by atoms with Gasteiger partial charge in [0, 0.05) is 12.1 Å². The number of alkyl halides is 3. The van der Waals surface area contributed by atoms with Gasteiger partial charge in [-0.05, 0) is 6.07 Å². The Balaban J connectivity index is 0.00000196. The first kappa shape index (κ1) is 14.0. The van der Waals surface area contributed by atoms with Crippen LogP contribution in [0.15, 0.2) is 18.2 Å². The van der Waals surface area contributed by atoms with Crippen LogP contribution in [0.5, 0.6) is 5.75 Å². The quantitative estimate of drug-likeness (QED) is 0.813. The second-order valence-electron chi connectivity index (χ2n) is 2.48. The lowest BCUT2D eigenvalue weighted by Crippen LogP contribution is -2.18. The van der Waals surface area contributed by atoms with Crippen molar-refractivity contribution in [1.82, 2.24) is 0 Å². The van der Waals surface area contributed by atoms with Gasteiger partial charge in [0.1, 0.15) is 0 Å². The van der Waals surface area contributed by atoms with Crippen LogP contribution in [0.2, 0.25) is 0 Å². The summed E-state index contributed by atoms with van der Waals surface area (Å²) in [6.45, 7) is -0.180. The van der Waals surface area contributed by atoms with Gasteiger partial charge in [0.05, 0.1) is 0 Å². The third-order valence-electron chi connectivity index (χ3n) is 1.49. The molecule has 0 unspecified atom stereocenters.